The summed E-state index contributed by atoms with van der Waals surface area (Å²) in [5.41, 5.74) is 1.31. The van der Waals surface area contributed by atoms with Crippen LogP contribution in [0.1, 0.15) is 5.56 Å². The molecule has 0 saturated heterocycles. The van der Waals surface area contributed by atoms with E-state index >= 15 is 0 Å². The Labute approximate surface area is 176 Å². The molecule has 0 unspecified atom stereocenters. The average molecular weight is 421 g/mol. The first-order chi connectivity index (χ1) is 14.6. The largest absolute Gasteiger partial charge is 0.493 e. The molecule has 0 N–H and O–H groups in total. The van der Waals surface area contributed by atoms with Gasteiger partial charge < -0.3 is 14.2 Å². The van der Waals surface area contributed by atoms with Crippen LogP contribution >= 0.6 is 11.3 Å². The Morgan fingerprint density at radius 2 is 1.93 bits per heavy atom. The van der Waals surface area contributed by atoms with Gasteiger partial charge in [-0.15, -0.1) is 5.10 Å². The van der Waals surface area contributed by atoms with Gasteiger partial charge in [-0.2, -0.15) is 9.50 Å². The highest BCUT2D eigenvalue weighted by molar-refractivity contribution is 7.15. The Kier molecular flexibility index (Phi) is 5.49. The molecule has 0 radical (unpaired) electrons. The maximum atomic E-state index is 12.8. The van der Waals surface area contributed by atoms with E-state index < -0.39 is 0 Å². The van der Waals surface area contributed by atoms with Crippen LogP contribution in [0.25, 0.3) is 22.4 Å². The molecule has 0 bridgehead atoms. The van der Waals surface area contributed by atoms with E-state index in [0.29, 0.717) is 33.4 Å². The Hall–Kier alpha value is -3.65. The number of hydrogen-bond donors (Lipinski definition) is 0. The molecule has 0 aliphatic carbocycles. The number of rotatable bonds is 7. The molecule has 8 heteroatoms. The Morgan fingerprint density at radius 1 is 1.13 bits per heavy atom. The third-order valence-electron chi connectivity index (χ3n) is 4.38. The second-order valence-corrected chi connectivity index (χ2v) is 7.26. The molecule has 4 rings (SSSR count). The van der Waals surface area contributed by atoms with Crippen LogP contribution in [-0.4, -0.2) is 35.4 Å². The van der Waals surface area contributed by atoms with Crippen molar-refractivity contribution in [1.82, 2.24) is 14.6 Å². The van der Waals surface area contributed by atoms with E-state index in [1.165, 1.54) is 15.9 Å². The van der Waals surface area contributed by atoms with Crippen LogP contribution in [0.5, 0.6) is 17.2 Å². The molecule has 7 nitrogen and oxygen atoms in total. The lowest BCUT2D eigenvalue weighted by atomic mass is 10.2. The van der Waals surface area contributed by atoms with E-state index in [4.69, 9.17) is 14.2 Å². The zero-order valence-corrected chi connectivity index (χ0v) is 17.3. The van der Waals surface area contributed by atoms with Gasteiger partial charge in [0.2, 0.25) is 4.96 Å². The summed E-state index contributed by atoms with van der Waals surface area (Å²) >= 11 is 1.27. The first kappa shape index (κ1) is 19.7. The minimum absolute atomic E-state index is 0.232. The molecular weight excluding hydrogens is 402 g/mol. The second-order valence-electron chi connectivity index (χ2n) is 6.25. The van der Waals surface area contributed by atoms with Crippen molar-refractivity contribution in [2.24, 2.45) is 0 Å². The second kappa shape index (κ2) is 8.38. The zero-order valence-electron chi connectivity index (χ0n) is 16.5. The highest BCUT2D eigenvalue weighted by Gasteiger charge is 2.13. The number of thiazole rings is 1. The molecule has 2 heterocycles. The number of para-hydroxylation sites is 1. The molecule has 0 saturated carbocycles. The summed E-state index contributed by atoms with van der Waals surface area (Å²) in [6, 6.07) is 12.9. The molecule has 0 atom stereocenters. The predicted molar refractivity (Wildman–Crippen MR) is 117 cm³/mol. The normalized spacial score (nSPS) is 11.6. The summed E-state index contributed by atoms with van der Waals surface area (Å²) in [4.78, 5) is 17.9. The van der Waals surface area contributed by atoms with Gasteiger partial charge in [0.15, 0.2) is 17.3 Å². The van der Waals surface area contributed by atoms with Crippen molar-refractivity contribution in [1.29, 1.82) is 0 Å². The summed E-state index contributed by atoms with van der Waals surface area (Å²) in [5.74, 6) is 2.38. The van der Waals surface area contributed by atoms with Crippen LogP contribution in [-0.2, 0) is 0 Å². The Morgan fingerprint density at radius 3 is 2.60 bits per heavy atom. The van der Waals surface area contributed by atoms with E-state index in [2.05, 4.69) is 16.7 Å². The fraction of sp³-hybridized carbons (Fsp3) is 0.136. The van der Waals surface area contributed by atoms with Gasteiger partial charge in [0, 0.05) is 11.1 Å². The number of ether oxygens (including phenoxy) is 3. The number of fused-ring (bicyclic) bond motifs is 1. The SMILES string of the molecule is C=CCOc1ccc(-c2nc3sc(=Cc4cccc(OC)c4OC)c(=O)n3n2)cc1. The number of methoxy groups -OCH3 is 2. The summed E-state index contributed by atoms with van der Waals surface area (Å²) in [6.45, 7) is 4.07. The van der Waals surface area contributed by atoms with Crippen LogP contribution in [0.4, 0.5) is 0 Å². The van der Waals surface area contributed by atoms with E-state index in [9.17, 15) is 4.79 Å². The van der Waals surface area contributed by atoms with Crippen LogP contribution in [0.3, 0.4) is 0 Å². The minimum Gasteiger partial charge on any atom is -0.493 e. The number of nitrogens with zero attached hydrogens (tertiary/aromatic N) is 3. The minimum atomic E-state index is -0.232. The lowest BCUT2D eigenvalue weighted by molar-refractivity contribution is 0.354. The summed E-state index contributed by atoms with van der Waals surface area (Å²) in [7, 11) is 3.14. The maximum Gasteiger partial charge on any atom is 0.291 e. The van der Waals surface area contributed by atoms with Crippen molar-refractivity contribution in [3.05, 3.63) is 75.6 Å². The van der Waals surface area contributed by atoms with Crippen molar-refractivity contribution in [2.45, 2.75) is 0 Å². The molecular formula is C22H19N3O4S. The number of hydrogen-bond acceptors (Lipinski definition) is 7. The van der Waals surface area contributed by atoms with Gasteiger partial charge >= 0.3 is 0 Å². The first-order valence-electron chi connectivity index (χ1n) is 9.11. The lowest BCUT2D eigenvalue weighted by Gasteiger charge is -2.09. The van der Waals surface area contributed by atoms with Crippen molar-refractivity contribution in [3.8, 4) is 28.6 Å². The fourth-order valence-corrected chi connectivity index (χ4v) is 3.88. The Balaban J connectivity index is 1.71. The molecule has 0 fully saturated rings. The standard InChI is InChI=1S/C22H19N3O4S/c1-4-12-29-16-10-8-14(9-11-16)20-23-22-25(24-20)21(26)18(30-22)13-15-6-5-7-17(27-2)19(15)28-3/h4-11,13H,1,12H2,2-3H3. The number of benzene rings is 2. The van der Waals surface area contributed by atoms with Gasteiger partial charge in [0.1, 0.15) is 12.4 Å². The van der Waals surface area contributed by atoms with Gasteiger partial charge in [-0.25, -0.2) is 0 Å². The van der Waals surface area contributed by atoms with Gasteiger partial charge in [-0.1, -0.05) is 36.1 Å². The molecule has 2 aromatic heterocycles. The zero-order chi connectivity index (χ0) is 21.1. The Bertz CT molecular complexity index is 1310. The molecule has 0 spiro atoms. The van der Waals surface area contributed by atoms with Crippen molar-refractivity contribution < 1.29 is 14.2 Å². The first-order valence-corrected chi connectivity index (χ1v) is 9.92. The highest BCUT2D eigenvalue weighted by Crippen LogP contribution is 2.31. The highest BCUT2D eigenvalue weighted by atomic mass is 32.1. The third kappa shape index (κ3) is 3.65. The van der Waals surface area contributed by atoms with Crippen LogP contribution in [0, 0.1) is 0 Å². The van der Waals surface area contributed by atoms with Crippen LogP contribution in [0.15, 0.2) is 59.9 Å². The summed E-state index contributed by atoms with van der Waals surface area (Å²) < 4.78 is 18.1. The average Bonchev–Trinajstić information content (AvgIpc) is 3.32. The molecule has 4 aromatic rings. The molecule has 2 aromatic carbocycles. The number of aromatic nitrogens is 3. The summed E-state index contributed by atoms with van der Waals surface area (Å²) in [6.07, 6.45) is 3.45. The molecule has 0 aliphatic heterocycles. The van der Waals surface area contributed by atoms with Crippen molar-refractivity contribution >= 4 is 22.4 Å². The quantitative estimate of drug-likeness (QED) is 0.427. The van der Waals surface area contributed by atoms with E-state index in [-0.39, 0.29) is 5.56 Å². The maximum absolute atomic E-state index is 12.8. The van der Waals surface area contributed by atoms with Gasteiger partial charge in [0.05, 0.1) is 18.8 Å². The van der Waals surface area contributed by atoms with Crippen LogP contribution < -0.4 is 24.3 Å². The fourth-order valence-electron chi connectivity index (χ4n) is 2.98. The molecule has 30 heavy (non-hydrogen) atoms. The van der Waals surface area contributed by atoms with E-state index in [1.807, 2.05) is 36.4 Å². The predicted octanol–water partition coefficient (Wildman–Crippen LogP) is 2.95. The third-order valence-corrected chi connectivity index (χ3v) is 5.34. The van der Waals surface area contributed by atoms with Crippen molar-refractivity contribution in [3.63, 3.8) is 0 Å². The monoisotopic (exact) mass is 421 g/mol. The van der Waals surface area contributed by atoms with Gasteiger partial charge in [0.25, 0.3) is 5.56 Å². The summed E-state index contributed by atoms with van der Waals surface area (Å²) in [5, 5.41) is 4.38. The molecule has 152 valence electrons. The van der Waals surface area contributed by atoms with E-state index in [0.717, 1.165) is 16.9 Å². The molecule has 0 amide bonds. The lowest BCUT2D eigenvalue weighted by Crippen LogP contribution is -2.23. The smallest absolute Gasteiger partial charge is 0.291 e. The van der Waals surface area contributed by atoms with E-state index in [1.54, 1.807) is 32.4 Å². The van der Waals surface area contributed by atoms with Crippen LogP contribution in [0.2, 0.25) is 0 Å². The topological polar surface area (TPSA) is 75.0 Å². The molecule has 0 aliphatic rings. The van der Waals surface area contributed by atoms with Gasteiger partial charge in [-0.3, -0.25) is 4.79 Å². The van der Waals surface area contributed by atoms with Gasteiger partial charge in [-0.05, 0) is 36.4 Å². The van der Waals surface area contributed by atoms with Crippen molar-refractivity contribution in [2.75, 3.05) is 20.8 Å².